The van der Waals surface area contributed by atoms with E-state index in [1.165, 1.54) is 103 Å². The average molecular weight is 885 g/mol. The Bertz CT molecular complexity index is 874. The summed E-state index contributed by atoms with van der Waals surface area (Å²) in [5, 5.41) is 0. The van der Waals surface area contributed by atoms with Gasteiger partial charge in [0.2, 0.25) is 0 Å². The third-order valence-corrected chi connectivity index (χ3v) is 12.7. The summed E-state index contributed by atoms with van der Waals surface area (Å²) in [6, 6.07) is 0. The molecule has 10 heteroatoms. The number of hydrogen-bond acceptors (Lipinski definition) is 10. The van der Waals surface area contributed by atoms with Crippen LogP contribution in [0.3, 0.4) is 0 Å². The molecule has 0 saturated heterocycles. The molecule has 0 N–H and O–H groups in total. The SMILES string of the molecule is CCCCCCCCC(CCCCCC)C(=O)OCCCCCCN(CCCCCCOC(=O)C(CCCCCC)CCCCCCCC)C(C)N(CCOOC)CCOOC. The molecule has 3 atom stereocenters. The van der Waals surface area contributed by atoms with Crippen LogP contribution in [0.4, 0.5) is 0 Å². The average Bonchev–Trinajstić information content (AvgIpc) is 3.27. The third kappa shape index (κ3) is 37.0. The topological polar surface area (TPSA) is 96.0 Å². The van der Waals surface area contributed by atoms with Crippen LogP contribution in [0.2, 0.25) is 0 Å². The highest BCUT2D eigenvalue weighted by Gasteiger charge is 2.23. The molecular formula is C52H104N2O8. The van der Waals surface area contributed by atoms with Crippen LogP contribution in [-0.2, 0) is 38.6 Å². The van der Waals surface area contributed by atoms with E-state index in [1.807, 2.05) is 0 Å². The smallest absolute Gasteiger partial charge is 0.308 e. The first kappa shape index (κ1) is 60.7. The van der Waals surface area contributed by atoms with E-state index < -0.39 is 0 Å². The van der Waals surface area contributed by atoms with E-state index in [0.29, 0.717) is 39.5 Å². The second-order valence-electron chi connectivity index (χ2n) is 18.0. The van der Waals surface area contributed by atoms with Crippen molar-refractivity contribution in [2.45, 2.75) is 246 Å². The number of rotatable bonds is 50. The summed E-state index contributed by atoms with van der Waals surface area (Å²) in [7, 11) is 3.09. The quantitative estimate of drug-likeness (QED) is 0.0193. The summed E-state index contributed by atoms with van der Waals surface area (Å²) in [6.07, 6.45) is 37.0. The first-order valence-corrected chi connectivity index (χ1v) is 26.5. The molecule has 3 unspecified atom stereocenters. The Kier molecular flexibility index (Phi) is 46.7. The van der Waals surface area contributed by atoms with Gasteiger partial charge in [-0.05, 0) is 71.4 Å². The predicted octanol–water partition coefficient (Wildman–Crippen LogP) is 14.0. The summed E-state index contributed by atoms with van der Waals surface area (Å²) in [4.78, 5) is 51.6. The molecule has 0 amide bonds. The molecule has 0 aromatic carbocycles. The Morgan fingerprint density at radius 2 is 0.661 bits per heavy atom. The number of unbranched alkanes of at least 4 members (excludes halogenated alkanes) is 22. The van der Waals surface area contributed by atoms with Gasteiger partial charge in [0.15, 0.2) is 0 Å². The number of esters is 2. The fourth-order valence-electron chi connectivity index (χ4n) is 8.54. The van der Waals surface area contributed by atoms with Crippen molar-refractivity contribution in [1.29, 1.82) is 0 Å². The summed E-state index contributed by atoms with van der Waals surface area (Å²) >= 11 is 0. The molecule has 0 aromatic rings. The zero-order valence-corrected chi connectivity index (χ0v) is 42.2. The lowest BCUT2D eigenvalue weighted by Gasteiger charge is -2.37. The van der Waals surface area contributed by atoms with Gasteiger partial charge in [-0.25, -0.2) is 19.6 Å². The Hall–Kier alpha value is -1.30. The van der Waals surface area contributed by atoms with Crippen molar-refractivity contribution in [1.82, 2.24) is 9.80 Å². The van der Waals surface area contributed by atoms with Crippen LogP contribution in [0.1, 0.15) is 240 Å². The minimum absolute atomic E-state index is 0.0358. The summed E-state index contributed by atoms with van der Waals surface area (Å²) < 4.78 is 11.8. The first-order valence-electron chi connectivity index (χ1n) is 26.5. The van der Waals surface area contributed by atoms with Gasteiger partial charge in [0.25, 0.3) is 0 Å². The van der Waals surface area contributed by atoms with Crippen LogP contribution >= 0.6 is 0 Å². The molecule has 0 aliphatic rings. The van der Waals surface area contributed by atoms with E-state index >= 15 is 0 Å². The Morgan fingerprint density at radius 3 is 1.02 bits per heavy atom. The van der Waals surface area contributed by atoms with E-state index in [2.05, 4.69) is 44.4 Å². The normalized spacial score (nSPS) is 13.2. The fraction of sp³-hybridized carbons (Fsp3) is 0.962. The zero-order valence-electron chi connectivity index (χ0n) is 42.2. The van der Waals surface area contributed by atoms with Crippen LogP contribution in [-0.4, -0.2) is 94.7 Å². The fourth-order valence-corrected chi connectivity index (χ4v) is 8.54. The number of ether oxygens (including phenoxy) is 2. The molecule has 0 bridgehead atoms. The first-order chi connectivity index (χ1) is 30.4. The monoisotopic (exact) mass is 885 g/mol. The van der Waals surface area contributed by atoms with Gasteiger partial charge in [-0.1, -0.05) is 182 Å². The molecule has 0 fully saturated rings. The lowest BCUT2D eigenvalue weighted by molar-refractivity contribution is -0.282. The molecule has 62 heavy (non-hydrogen) atoms. The highest BCUT2D eigenvalue weighted by Crippen LogP contribution is 2.23. The van der Waals surface area contributed by atoms with Gasteiger partial charge in [-0.2, -0.15) is 0 Å². The number of hydrogen-bond donors (Lipinski definition) is 0. The van der Waals surface area contributed by atoms with E-state index in [1.54, 1.807) is 14.2 Å². The molecule has 0 aromatic heterocycles. The molecule has 0 aliphatic heterocycles. The van der Waals surface area contributed by atoms with Crippen LogP contribution in [0.25, 0.3) is 0 Å². The Morgan fingerprint density at radius 1 is 0.371 bits per heavy atom. The highest BCUT2D eigenvalue weighted by molar-refractivity contribution is 5.72. The number of carbonyl (C=O) groups excluding carboxylic acids is 2. The maximum absolute atomic E-state index is 13.2. The van der Waals surface area contributed by atoms with Crippen molar-refractivity contribution < 1.29 is 38.6 Å². The molecule has 10 nitrogen and oxygen atoms in total. The highest BCUT2D eigenvalue weighted by atomic mass is 17.2. The van der Waals surface area contributed by atoms with E-state index in [-0.39, 0.29) is 29.9 Å². The minimum Gasteiger partial charge on any atom is -0.465 e. The van der Waals surface area contributed by atoms with E-state index in [4.69, 9.17) is 29.0 Å². The molecule has 0 rings (SSSR count). The molecule has 0 radical (unpaired) electrons. The molecule has 370 valence electrons. The van der Waals surface area contributed by atoms with Gasteiger partial charge in [-0.3, -0.25) is 19.4 Å². The molecule has 0 saturated carbocycles. The maximum Gasteiger partial charge on any atom is 0.308 e. The van der Waals surface area contributed by atoms with Crippen molar-refractivity contribution in [3.8, 4) is 0 Å². The van der Waals surface area contributed by atoms with Crippen molar-refractivity contribution in [2.75, 3.05) is 66.8 Å². The van der Waals surface area contributed by atoms with E-state index in [0.717, 1.165) is 116 Å². The summed E-state index contributed by atoms with van der Waals surface area (Å²) in [5.41, 5.74) is 0. The second kappa shape index (κ2) is 47.7. The van der Waals surface area contributed by atoms with Gasteiger partial charge in [0.05, 0.1) is 58.6 Å². The second-order valence-corrected chi connectivity index (χ2v) is 18.0. The van der Waals surface area contributed by atoms with Gasteiger partial charge in [0, 0.05) is 13.1 Å². The minimum atomic E-state index is 0.0358. The van der Waals surface area contributed by atoms with E-state index in [9.17, 15) is 9.59 Å². The molecule has 0 spiro atoms. The Labute approximate surface area is 384 Å². The number of nitrogens with zero attached hydrogens (tertiary/aromatic N) is 2. The molecular weight excluding hydrogens is 781 g/mol. The lowest BCUT2D eigenvalue weighted by Crippen LogP contribution is -2.49. The standard InChI is InChI=1S/C52H104N2O8/c1-8-12-16-20-22-30-38-49(36-28-18-14-10-3)51(55)59-44-34-26-24-32-40-53(48(5)54(42-46-61-57-6)43-47-62-58-7)41-33-25-27-35-45-60-52(56)50(37-29-19-15-11-4)39-31-23-21-17-13-9-2/h48-50H,8-47H2,1-7H3. The van der Waals surface area contributed by atoms with Crippen molar-refractivity contribution in [3.05, 3.63) is 0 Å². The van der Waals surface area contributed by atoms with Gasteiger partial charge in [0.1, 0.15) is 0 Å². The van der Waals surface area contributed by atoms with Crippen molar-refractivity contribution in [2.24, 2.45) is 11.8 Å². The molecule has 0 aliphatic carbocycles. The van der Waals surface area contributed by atoms with Crippen LogP contribution in [0.15, 0.2) is 0 Å². The largest absolute Gasteiger partial charge is 0.465 e. The van der Waals surface area contributed by atoms with Gasteiger partial charge >= 0.3 is 11.9 Å². The lowest BCUT2D eigenvalue weighted by atomic mass is 9.94. The summed E-state index contributed by atoms with van der Waals surface area (Å²) in [6.45, 7) is 16.7. The van der Waals surface area contributed by atoms with Crippen molar-refractivity contribution in [3.63, 3.8) is 0 Å². The number of carbonyl (C=O) groups is 2. The van der Waals surface area contributed by atoms with Crippen LogP contribution in [0.5, 0.6) is 0 Å². The third-order valence-electron chi connectivity index (χ3n) is 12.7. The van der Waals surface area contributed by atoms with Crippen LogP contribution in [0, 0.1) is 11.8 Å². The maximum atomic E-state index is 13.2. The predicted molar refractivity (Wildman–Crippen MR) is 258 cm³/mol. The Balaban J connectivity index is 5.03. The summed E-state index contributed by atoms with van der Waals surface area (Å²) in [5.74, 6) is 0.195. The molecule has 0 heterocycles. The van der Waals surface area contributed by atoms with Gasteiger partial charge < -0.3 is 9.47 Å². The van der Waals surface area contributed by atoms with Crippen LogP contribution < -0.4 is 0 Å². The zero-order chi connectivity index (χ0) is 45.6. The van der Waals surface area contributed by atoms with Gasteiger partial charge in [-0.15, -0.1) is 0 Å². The van der Waals surface area contributed by atoms with Crippen molar-refractivity contribution >= 4 is 11.9 Å².